The average molecular weight is 1230 g/mol. The smallest absolute Gasteiger partial charge is 0.410 e. The van der Waals surface area contributed by atoms with Crippen molar-refractivity contribution in [2.24, 2.45) is 87.0 Å². The predicted molar refractivity (Wildman–Crippen MR) is 341 cm³/mol. The Morgan fingerprint density at radius 3 is 1.53 bits per heavy atom. The minimum Gasteiger partial charge on any atom is -0.445 e. The summed E-state index contributed by atoms with van der Waals surface area (Å²) in [5, 5.41) is 4.14. The van der Waals surface area contributed by atoms with E-state index in [1.54, 1.807) is 16.7 Å². The Morgan fingerprint density at radius 1 is 0.625 bits per heavy atom. The van der Waals surface area contributed by atoms with Gasteiger partial charge in [-0.2, -0.15) is 8.42 Å². The van der Waals surface area contributed by atoms with Crippen molar-refractivity contribution in [3.63, 3.8) is 0 Å². The van der Waals surface area contributed by atoms with Gasteiger partial charge in [0.15, 0.2) is 0 Å². The number of carbonyl (C=O) groups excluding carboxylic acids is 2. The first-order valence-electron chi connectivity index (χ1n) is 34.7. The first-order chi connectivity index (χ1) is 42.1. The van der Waals surface area contributed by atoms with Gasteiger partial charge in [0, 0.05) is 35.9 Å². The Bertz CT molecular complexity index is 3150. The lowest BCUT2D eigenvalue weighted by Gasteiger charge is -2.54. The zero-order valence-electron chi connectivity index (χ0n) is 54.5. The molecule has 2 amide bonds. The molecular formula is C73H103N5O9S. The molecule has 14 rings (SSSR count). The van der Waals surface area contributed by atoms with Crippen LogP contribution < -0.4 is 0 Å². The van der Waals surface area contributed by atoms with Gasteiger partial charge in [0.05, 0.1) is 47.9 Å². The largest absolute Gasteiger partial charge is 0.445 e. The van der Waals surface area contributed by atoms with Crippen LogP contribution in [0.5, 0.6) is 0 Å². The van der Waals surface area contributed by atoms with E-state index in [-0.39, 0.29) is 77.1 Å². The van der Waals surface area contributed by atoms with Crippen LogP contribution in [0.15, 0.2) is 88.1 Å². The second-order valence-electron chi connectivity index (χ2n) is 31.7. The van der Waals surface area contributed by atoms with E-state index in [9.17, 15) is 18.0 Å². The number of rotatable bonds is 7. The quantitative estimate of drug-likeness (QED) is 0.0861. The van der Waals surface area contributed by atoms with Crippen molar-refractivity contribution >= 4 is 22.3 Å². The molecule has 2 aromatic carbocycles. The lowest BCUT2D eigenvalue weighted by atomic mass is 9.52. The van der Waals surface area contributed by atoms with E-state index in [1.165, 1.54) is 63.2 Å². The number of hydrogen-bond acceptors (Lipinski definition) is 10. The second-order valence-corrected chi connectivity index (χ2v) is 33.3. The van der Waals surface area contributed by atoms with Gasteiger partial charge in [-0.15, -0.1) is 0 Å². The number of ether oxygens (including phenoxy) is 4. The molecule has 22 atom stereocenters. The van der Waals surface area contributed by atoms with Crippen molar-refractivity contribution in [1.29, 1.82) is 0 Å². The van der Waals surface area contributed by atoms with Crippen LogP contribution in [0.4, 0.5) is 9.59 Å². The van der Waals surface area contributed by atoms with Gasteiger partial charge in [0.25, 0.3) is 10.1 Å². The van der Waals surface area contributed by atoms with Crippen LogP contribution in [-0.4, -0.2) is 97.4 Å². The van der Waals surface area contributed by atoms with E-state index in [0.29, 0.717) is 66.0 Å². The van der Waals surface area contributed by atoms with Gasteiger partial charge in [0.2, 0.25) is 0 Å². The number of piperidine rings is 2. The second kappa shape index (κ2) is 24.2. The molecule has 6 saturated carbocycles. The van der Waals surface area contributed by atoms with Crippen molar-refractivity contribution in [1.82, 2.24) is 9.80 Å². The molecule has 480 valence electrons. The maximum Gasteiger partial charge on any atom is 0.410 e. The van der Waals surface area contributed by atoms with Crippen molar-refractivity contribution in [2.75, 3.05) is 19.3 Å². The monoisotopic (exact) mass is 1230 g/mol. The number of azide groups is 1. The van der Waals surface area contributed by atoms with E-state index < -0.39 is 10.1 Å². The summed E-state index contributed by atoms with van der Waals surface area (Å²) in [7, 11) is -3.43. The highest BCUT2D eigenvalue weighted by Crippen LogP contribution is 2.68. The zero-order chi connectivity index (χ0) is 61.7. The third-order valence-corrected chi connectivity index (χ3v) is 27.5. The average Bonchev–Trinajstić information content (AvgIpc) is 1.62. The molecule has 2 aromatic rings. The maximum absolute atomic E-state index is 13.6. The third-order valence-electron chi connectivity index (χ3n) is 26.8. The zero-order valence-corrected chi connectivity index (χ0v) is 55.3. The Hall–Kier alpha value is -4.40. The number of carbonyl (C=O) groups is 2. The van der Waals surface area contributed by atoms with Crippen LogP contribution in [0.25, 0.3) is 10.4 Å². The summed E-state index contributed by atoms with van der Waals surface area (Å²) in [6.45, 7) is 21.1. The summed E-state index contributed by atoms with van der Waals surface area (Å²) in [5.41, 5.74) is 17.8. The van der Waals surface area contributed by atoms with Crippen molar-refractivity contribution in [3.8, 4) is 0 Å². The highest BCUT2D eigenvalue weighted by atomic mass is 32.2. The van der Waals surface area contributed by atoms with Crippen LogP contribution in [-0.2, 0) is 46.5 Å². The molecule has 0 bridgehead atoms. The number of likely N-dealkylation sites (tertiary alicyclic amines) is 2. The molecule has 0 unspecified atom stereocenters. The normalized spacial score (nSPS) is 43.2. The number of benzene rings is 2. The fraction of sp³-hybridized carbons (Fsp3) is 0.753. The Morgan fingerprint density at radius 2 is 1.08 bits per heavy atom. The minimum atomic E-state index is -3.43. The molecular weight excluding hydrogens is 1120 g/mol. The summed E-state index contributed by atoms with van der Waals surface area (Å²) >= 11 is 0. The first-order valence-corrected chi connectivity index (χ1v) is 36.5. The van der Waals surface area contributed by atoms with E-state index >= 15 is 0 Å². The summed E-state index contributed by atoms with van der Waals surface area (Å²) in [6, 6.07) is 20.2. The van der Waals surface area contributed by atoms with E-state index in [2.05, 4.69) is 65.4 Å². The van der Waals surface area contributed by atoms with Crippen molar-refractivity contribution in [3.05, 3.63) is 105 Å². The van der Waals surface area contributed by atoms with Crippen LogP contribution in [0.2, 0.25) is 0 Å². The highest BCUT2D eigenvalue weighted by Gasteiger charge is 2.64. The van der Waals surface area contributed by atoms with Crippen LogP contribution in [0, 0.1) is 81.8 Å². The Labute approximate surface area is 526 Å². The number of nitrogens with zero attached hydrogens (tertiary/aromatic N) is 5. The number of hydrogen-bond donors (Lipinski definition) is 0. The van der Waals surface area contributed by atoms with Crippen molar-refractivity contribution < 1.29 is 41.1 Å². The lowest BCUT2D eigenvalue weighted by Crippen LogP contribution is -2.54. The Kier molecular flexibility index (Phi) is 17.2. The number of allylic oxidation sites excluding steroid dienone is 2. The highest BCUT2D eigenvalue weighted by molar-refractivity contribution is 7.86. The molecule has 14 nitrogen and oxygen atoms in total. The van der Waals surface area contributed by atoms with E-state index in [4.69, 9.17) is 28.7 Å². The van der Waals surface area contributed by atoms with E-state index in [0.717, 1.165) is 113 Å². The molecule has 0 radical (unpaired) electrons. The van der Waals surface area contributed by atoms with Gasteiger partial charge in [-0.3, -0.25) is 4.18 Å². The Balaban J connectivity index is 0.000000162. The third kappa shape index (κ3) is 11.4. The van der Waals surface area contributed by atoms with Gasteiger partial charge in [0.1, 0.15) is 13.2 Å². The maximum atomic E-state index is 13.6. The number of amides is 2. The molecule has 15 heteroatoms. The van der Waals surface area contributed by atoms with Crippen LogP contribution in [0.1, 0.15) is 195 Å². The van der Waals surface area contributed by atoms with Gasteiger partial charge in [-0.1, -0.05) is 130 Å². The number of fused-ring (bicyclic) bond motifs is 12. The summed E-state index contributed by atoms with van der Waals surface area (Å²) < 4.78 is 55.4. The molecule has 10 fully saturated rings. The molecule has 0 aromatic heterocycles. The summed E-state index contributed by atoms with van der Waals surface area (Å²) in [4.78, 5) is 34.3. The molecule has 0 N–H and O–H groups in total. The predicted octanol–water partition coefficient (Wildman–Crippen LogP) is 16.3. The van der Waals surface area contributed by atoms with Gasteiger partial charge in [-0.05, 0) is 229 Å². The van der Waals surface area contributed by atoms with E-state index in [1.807, 2.05) is 70.5 Å². The topological polar surface area (TPSA) is 170 Å². The van der Waals surface area contributed by atoms with Gasteiger partial charge >= 0.3 is 12.2 Å². The molecule has 2 spiro atoms. The first kappa shape index (κ1) is 62.4. The van der Waals surface area contributed by atoms with Gasteiger partial charge in [-0.25, -0.2) is 9.59 Å². The molecule has 4 saturated heterocycles. The molecule has 4 aliphatic heterocycles. The van der Waals surface area contributed by atoms with Crippen molar-refractivity contribution in [2.45, 2.75) is 245 Å². The summed E-state index contributed by atoms with van der Waals surface area (Å²) in [6.07, 6.45) is 22.7. The fourth-order valence-electron chi connectivity index (χ4n) is 22.6. The fourth-order valence-corrected chi connectivity index (χ4v) is 23.3. The summed E-state index contributed by atoms with van der Waals surface area (Å²) in [5.74, 6) is 6.65. The van der Waals surface area contributed by atoms with Crippen LogP contribution in [0.3, 0.4) is 0 Å². The van der Waals surface area contributed by atoms with Crippen LogP contribution >= 0.6 is 0 Å². The molecule has 12 aliphatic rings. The lowest BCUT2D eigenvalue weighted by molar-refractivity contribution is -0.0820. The minimum absolute atomic E-state index is 0.0478. The molecule has 88 heavy (non-hydrogen) atoms. The standard InChI is InChI=1S/C37H53NO6S.C36H50N4O3/c1-23-17-33-34(38(21-23)35(39)42-22-26-9-7-6-8-10-26)25(3)37(43-33)16-14-29-30-12-11-27-18-28(44-45(5,40)41)13-15-36(27,4)32(30)19-31(29)24(2)20-37;1-22-16-32-33(40(20-22)34(41)42-21-25-8-6-5-7-9-25)24(3)36(43-32)15-13-28-29-11-10-26-17-27(38-39-37)12-14-35(26,4)31(29)18-30(28)23(2)19-36/h6-10,23,25,27-30,32-34H,11-22H2,1-5H3;5-9,22,24,26-29,31-33H,10-21H2,1-4H3/t23-,25+,27+,28-,29-,30-,32-,33+,34-,36-,37-;22-,24+,26+,27+,28-,29-,31-,32+,33-,35-,36-/m00/s1. The SMILES string of the molecule is CC1=C2C[C@H]3[C@@H](CC[C@@H]4C[C@@H](OS(C)(=O)=O)CC[C@@]43C)[C@@H]2CC[C@@]2(C1)O[C@@H]1C[C@H](C)CN(C(=O)OCc3ccccc3)[C@H]1[C@H]2C.CC1=C2C[C@H]3[C@@H](CC[C@@H]4C[C@H](N=[N+]=[N-])CC[C@@]43C)[C@@H]2CC[C@@]2(C1)O[C@@H]1C[C@H](C)CN(C(=O)OCc3ccccc3)[C@H]1[C@H]2C. The molecule has 4 heterocycles. The molecule has 8 aliphatic carbocycles. The van der Waals surface area contributed by atoms with Gasteiger partial charge < -0.3 is 28.7 Å².